The summed E-state index contributed by atoms with van der Waals surface area (Å²) in [5.74, 6) is -0.783. The smallest absolute Gasteiger partial charge is 0.269 e. The molecule has 0 unspecified atom stereocenters. The van der Waals surface area contributed by atoms with E-state index in [0.29, 0.717) is 23.1 Å². The van der Waals surface area contributed by atoms with Crippen molar-refractivity contribution in [2.24, 2.45) is 0 Å². The van der Waals surface area contributed by atoms with E-state index in [2.05, 4.69) is 20.8 Å². The number of nitrogens with one attached hydrogen (secondary N) is 2. The van der Waals surface area contributed by atoms with Gasteiger partial charge in [0.15, 0.2) is 4.34 Å². The van der Waals surface area contributed by atoms with Gasteiger partial charge < -0.3 is 5.32 Å². The fraction of sp³-hybridized carbons (Fsp3) is 0.238. The van der Waals surface area contributed by atoms with Gasteiger partial charge in [-0.25, -0.2) is 8.42 Å². The molecule has 1 aliphatic rings. The summed E-state index contributed by atoms with van der Waals surface area (Å²) >= 11 is 2.20. The number of carbonyl (C=O) groups excluding carboxylic acids is 2. The van der Waals surface area contributed by atoms with Crippen LogP contribution in [-0.4, -0.2) is 58.5 Å². The minimum atomic E-state index is -3.56. The first-order chi connectivity index (χ1) is 17.2. The molecule has 2 aromatic carbocycles. The Bertz CT molecular complexity index is 1370. The van der Waals surface area contributed by atoms with Crippen LogP contribution in [0.25, 0.3) is 0 Å². The second-order valence-electron chi connectivity index (χ2n) is 7.60. The Balaban J connectivity index is 1.28. The van der Waals surface area contributed by atoms with E-state index >= 15 is 0 Å². The van der Waals surface area contributed by atoms with E-state index in [1.54, 1.807) is 0 Å². The van der Waals surface area contributed by atoms with Gasteiger partial charge in [-0.2, -0.15) is 4.31 Å². The summed E-state index contributed by atoms with van der Waals surface area (Å²) in [5, 5.41) is 24.0. The number of hydrogen-bond donors (Lipinski definition) is 2. The fourth-order valence-corrected chi connectivity index (χ4v) is 6.40. The predicted octanol–water partition coefficient (Wildman–Crippen LogP) is 3.21. The topological polar surface area (TPSA) is 164 Å². The molecule has 0 bridgehead atoms. The lowest BCUT2D eigenvalue weighted by Gasteiger charge is -2.15. The summed E-state index contributed by atoms with van der Waals surface area (Å²) in [5.41, 5.74) is 0.617. The number of nitro benzene ring substituents is 1. The number of carbonyl (C=O) groups is 2. The zero-order valence-electron chi connectivity index (χ0n) is 18.6. The highest BCUT2D eigenvalue weighted by Crippen LogP contribution is 2.26. The van der Waals surface area contributed by atoms with Crippen molar-refractivity contribution < 1.29 is 22.9 Å². The number of rotatable bonds is 9. The van der Waals surface area contributed by atoms with Crippen LogP contribution in [0.2, 0.25) is 0 Å². The van der Waals surface area contributed by atoms with Crippen LogP contribution in [0.1, 0.15) is 23.2 Å². The third-order valence-corrected chi connectivity index (χ3v) is 9.02. The molecule has 2 heterocycles. The average Bonchev–Trinajstić information content (AvgIpc) is 3.56. The second-order valence-corrected chi connectivity index (χ2v) is 11.7. The quantitative estimate of drug-likeness (QED) is 0.177. The molecule has 2 N–H and O–H groups in total. The van der Waals surface area contributed by atoms with Crippen LogP contribution in [0.3, 0.4) is 0 Å². The van der Waals surface area contributed by atoms with E-state index < -0.39 is 20.9 Å². The normalized spacial score (nSPS) is 13.9. The number of nitrogens with zero attached hydrogens (tertiary/aromatic N) is 4. The van der Waals surface area contributed by atoms with Gasteiger partial charge in [-0.1, -0.05) is 23.1 Å². The van der Waals surface area contributed by atoms with Crippen molar-refractivity contribution >= 4 is 61.4 Å². The van der Waals surface area contributed by atoms with Gasteiger partial charge in [-0.3, -0.25) is 25.0 Å². The summed E-state index contributed by atoms with van der Waals surface area (Å²) in [6, 6.07) is 11.2. The minimum absolute atomic E-state index is 0.0204. The SMILES string of the molecule is O=C(CSc1nnc(NC(=O)c2ccc(S(=O)(=O)N3CCCC3)cc2)s1)Nc1ccc([N+](=O)[O-])cc1. The van der Waals surface area contributed by atoms with E-state index in [-0.39, 0.29) is 32.9 Å². The molecule has 2 amide bonds. The number of anilines is 2. The first kappa shape index (κ1) is 25.7. The van der Waals surface area contributed by atoms with Gasteiger partial charge in [-0.05, 0) is 49.2 Å². The molecule has 1 fully saturated rings. The van der Waals surface area contributed by atoms with Gasteiger partial charge in [0.05, 0.1) is 15.6 Å². The molecule has 3 aromatic rings. The van der Waals surface area contributed by atoms with E-state index in [9.17, 15) is 28.1 Å². The van der Waals surface area contributed by atoms with E-state index in [0.717, 1.165) is 35.9 Å². The second kappa shape index (κ2) is 11.1. The van der Waals surface area contributed by atoms with Crippen molar-refractivity contribution in [2.75, 3.05) is 29.5 Å². The molecule has 188 valence electrons. The zero-order valence-corrected chi connectivity index (χ0v) is 21.1. The molecule has 4 rings (SSSR count). The number of sulfonamides is 1. The van der Waals surface area contributed by atoms with Gasteiger partial charge in [0.25, 0.3) is 11.6 Å². The molecule has 0 radical (unpaired) electrons. The highest BCUT2D eigenvalue weighted by molar-refractivity contribution is 8.01. The van der Waals surface area contributed by atoms with E-state index in [1.807, 2.05) is 0 Å². The van der Waals surface area contributed by atoms with Gasteiger partial charge in [0, 0.05) is 36.5 Å². The van der Waals surface area contributed by atoms with Crippen LogP contribution in [-0.2, 0) is 14.8 Å². The summed E-state index contributed by atoms with van der Waals surface area (Å²) in [6.07, 6.45) is 1.68. The van der Waals surface area contributed by atoms with E-state index in [1.165, 1.54) is 52.8 Å². The highest BCUT2D eigenvalue weighted by atomic mass is 32.2. The van der Waals surface area contributed by atoms with Crippen LogP contribution in [0.5, 0.6) is 0 Å². The molecule has 1 aromatic heterocycles. The summed E-state index contributed by atoms with van der Waals surface area (Å²) < 4.78 is 27.1. The number of aromatic nitrogens is 2. The third-order valence-electron chi connectivity index (χ3n) is 5.13. The lowest BCUT2D eigenvalue weighted by Crippen LogP contribution is -2.27. The molecule has 1 aliphatic heterocycles. The van der Waals surface area contributed by atoms with Crippen molar-refractivity contribution in [3.05, 3.63) is 64.2 Å². The molecule has 0 atom stereocenters. The first-order valence-electron chi connectivity index (χ1n) is 10.6. The summed E-state index contributed by atoms with van der Waals surface area (Å²) in [4.78, 5) is 35.0. The standard InChI is InChI=1S/C21H20N6O6S3/c28-18(22-15-5-7-16(8-6-15)27(30)31)13-34-21-25-24-20(35-21)23-19(29)14-3-9-17(10-4-14)36(32,33)26-11-1-2-12-26/h3-10H,1-2,11-13H2,(H,22,28)(H,23,24,29). The van der Waals surface area contributed by atoms with Crippen molar-refractivity contribution in [1.29, 1.82) is 0 Å². The number of non-ortho nitro benzene ring substituents is 1. The monoisotopic (exact) mass is 548 g/mol. The Hall–Kier alpha value is -3.40. The maximum absolute atomic E-state index is 12.6. The Morgan fingerprint density at radius 3 is 2.33 bits per heavy atom. The van der Waals surface area contributed by atoms with Crippen molar-refractivity contribution in [2.45, 2.75) is 22.1 Å². The van der Waals surface area contributed by atoms with Crippen LogP contribution >= 0.6 is 23.1 Å². The maximum atomic E-state index is 12.6. The summed E-state index contributed by atoms with van der Waals surface area (Å²) in [6.45, 7) is 1.00. The number of hydrogen-bond acceptors (Lipinski definition) is 10. The number of nitro groups is 1. The molecule has 1 saturated heterocycles. The Morgan fingerprint density at radius 2 is 1.69 bits per heavy atom. The third kappa shape index (κ3) is 6.23. The summed E-state index contributed by atoms with van der Waals surface area (Å²) in [7, 11) is -3.56. The van der Waals surface area contributed by atoms with Gasteiger partial charge in [0.2, 0.25) is 21.1 Å². The Kier molecular flexibility index (Phi) is 7.93. The van der Waals surface area contributed by atoms with Gasteiger partial charge in [0.1, 0.15) is 0 Å². The Morgan fingerprint density at radius 1 is 1.03 bits per heavy atom. The average molecular weight is 549 g/mol. The van der Waals surface area contributed by atoms with Crippen molar-refractivity contribution in [3.8, 4) is 0 Å². The number of benzene rings is 2. The molecule has 0 saturated carbocycles. The first-order valence-corrected chi connectivity index (χ1v) is 13.9. The lowest BCUT2D eigenvalue weighted by molar-refractivity contribution is -0.384. The zero-order chi connectivity index (χ0) is 25.7. The molecule has 12 nitrogen and oxygen atoms in total. The molecular formula is C21H20N6O6S3. The molecular weight excluding hydrogens is 528 g/mol. The number of thioether (sulfide) groups is 1. The Labute approximate surface area is 214 Å². The van der Waals surface area contributed by atoms with Crippen LogP contribution in [0, 0.1) is 10.1 Å². The predicted molar refractivity (Wildman–Crippen MR) is 135 cm³/mol. The van der Waals surface area contributed by atoms with E-state index in [4.69, 9.17) is 0 Å². The lowest BCUT2D eigenvalue weighted by atomic mass is 10.2. The van der Waals surface area contributed by atoms with Gasteiger partial charge >= 0.3 is 0 Å². The molecule has 0 aliphatic carbocycles. The van der Waals surface area contributed by atoms with Crippen molar-refractivity contribution in [3.63, 3.8) is 0 Å². The number of amides is 2. The van der Waals surface area contributed by atoms with Crippen molar-refractivity contribution in [1.82, 2.24) is 14.5 Å². The molecule has 36 heavy (non-hydrogen) atoms. The molecule has 0 spiro atoms. The van der Waals surface area contributed by atoms with Crippen LogP contribution < -0.4 is 10.6 Å². The fourth-order valence-electron chi connectivity index (χ4n) is 3.33. The highest BCUT2D eigenvalue weighted by Gasteiger charge is 2.27. The van der Waals surface area contributed by atoms with Gasteiger partial charge in [-0.15, -0.1) is 10.2 Å². The molecule has 15 heteroatoms. The minimum Gasteiger partial charge on any atom is -0.325 e. The largest absolute Gasteiger partial charge is 0.325 e. The van der Waals surface area contributed by atoms with Crippen LogP contribution in [0.15, 0.2) is 57.8 Å². The maximum Gasteiger partial charge on any atom is 0.269 e. The van der Waals surface area contributed by atoms with Crippen LogP contribution in [0.4, 0.5) is 16.5 Å².